The lowest BCUT2D eigenvalue weighted by molar-refractivity contribution is -0.121. The minimum absolute atomic E-state index is 0.443. The van der Waals surface area contributed by atoms with Gasteiger partial charge in [-0.2, -0.15) is 4.98 Å². The van der Waals surface area contributed by atoms with E-state index in [0.29, 0.717) is 40.4 Å². The number of amides is 1. The van der Waals surface area contributed by atoms with Crippen LogP contribution >= 0.6 is 11.6 Å². The fraction of sp³-hybridized carbons (Fsp3) is 0.115. The molecule has 4 aromatic rings. The van der Waals surface area contributed by atoms with Gasteiger partial charge in [-0.15, -0.1) is 5.10 Å². The van der Waals surface area contributed by atoms with E-state index in [1.54, 1.807) is 10.7 Å². The van der Waals surface area contributed by atoms with Gasteiger partial charge >= 0.3 is 0 Å². The number of nitrogens with zero attached hydrogens (tertiary/aromatic N) is 3. The zero-order valence-electron chi connectivity index (χ0n) is 18.2. The second-order valence-corrected chi connectivity index (χ2v) is 8.41. The van der Waals surface area contributed by atoms with Crippen molar-refractivity contribution in [3.63, 3.8) is 0 Å². The summed E-state index contributed by atoms with van der Waals surface area (Å²) in [5.41, 5.74) is 8.84. The van der Waals surface area contributed by atoms with Gasteiger partial charge in [-0.1, -0.05) is 72.8 Å². The lowest BCUT2D eigenvalue weighted by atomic mass is 9.89. The van der Waals surface area contributed by atoms with Crippen molar-refractivity contribution in [3.05, 3.63) is 107 Å². The molecule has 2 unspecified atom stereocenters. The smallest absolute Gasteiger partial charge is 0.229 e. The highest BCUT2D eigenvalue weighted by Crippen LogP contribution is 2.39. The summed E-state index contributed by atoms with van der Waals surface area (Å²) in [5.74, 6) is 0.397. The van der Waals surface area contributed by atoms with Gasteiger partial charge in [0.15, 0.2) is 5.82 Å². The van der Waals surface area contributed by atoms with E-state index in [4.69, 9.17) is 22.1 Å². The molecule has 0 spiro atoms. The van der Waals surface area contributed by atoms with Crippen LogP contribution in [0.2, 0.25) is 5.02 Å². The molecule has 8 heteroatoms. The third-order valence-electron chi connectivity index (χ3n) is 5.75. The van der Waals surface area contributed by atoms with E-state index < -0.39 is 17.9 Å². The van der Waals surface area contributed by atoms with Crippen LogP contribution in [0.1, 0.15) is 17.2 Å². The molecule has 0 saturated heterocycles. The van der Waals surface area contributed by atoms with Crippen LogP contribution in [-0.2, 0) is 11.4 Å². The molecule has 1 amide bonds. The summed E-state index contributed by atoms with van der Waals surface area (Å²) in [6.07, 6.45) is 0. The van der Waals surface area contributed by atoms with Crippen molar-refractivity contribution in [1.82, 2.24) is 14.8 Å². The topological polar surface area (TPSA) is 95.1 Å². The van der Waals surface area contributed by atoms with E-state index >= 15 is 0 Å². The third-order valence-corrected chi connectivity index (χ3v) is 6.08. The Kier molecular flexibility index (Phi) is 5.77. The number of primary amides is 1. The molecule has 170 valence electrons. The first-order chi connectivity index (χ1) is 16.5. The van der Waals surface area contributed by atoms with E-state index in [0.717, 1.165) is 11.1 Å². The number of ether oxygens (including phenoxy) is 1. The normalized spacial score (nSPS) is 17.0. The van der Waals surface area contributed by atoms with Crippen LogP contribution in [0.4, 0.5) is 5.95 Å². The molecule has 0 bridgehead atoms. The van der Waals surface area contributed by atoms with Crippen molar-refractivity contribution in [2.24, 2.45) is 11.7 Å². The van der Waals surface area contributed by atoms with Gasteiger partial charge in [0.05, 0.1) is 11.1 Å². The molecule has 2 atom stereocenters. The Morgan fingerprint density at radius 1 is 1.06 bits per heavy atom. The summed E-state index contributed by atoms with van der Waals surface area (Å²) in [7, 11) is 0. The molecular formula is C26H22ClN5O2. The summed E-state index contributed by atoms with van der Waals surface area (Å²) in [5, 5.41) is 8.29. The van der Waals surface area contributed by atoms with Crippen molar-refractivity contribution in [1.29, 1.82) is 0 Å². The van der Waals surface area contributed by atoms with Crippen molar-refractivity contribution in [2.75, 3.05) is 5.32 Å². The number of hydrogen-bond donors (Lipinski definition) is 2. The van der Waals surface area contributed by atoms with Gasteiger partial charge in [0.25, 0.3) is 0 Å². The van der Waals surface area contributed by atoms with Gasteiger partial charge in [-0.25, -0.2) is 4.68 Å². The van der Waals surface area contributed by atoms with Gasteiger partial charge in [0, 0.05) is 11.3 Å². The summed E-state index contributed by atoms with van der Waals surface area (Å²) in [6, 6.07) is 24.3. The fourth-order valence-corrected chi connectivity index (χ4v) is 4.30. The Balaban J connectivity index is 1.48. The molecule has 3 aromatic carbocycles. The minimum atomic E-state index is -0.718. The molecule has 0 aliphatic carbocycles. The average molecular weight is 472 g/mol. The Bertz CT molecular complexity index is 1350. The number of nitrogens with two attached hydrogens (primary N) is 1. The number of benzene rings is 3. The van der Waals surface area contributed by atoms with Crippen LogP contribution in [0, 0.1) is 5.92 Å². The molecule has 1 aromatic heterocycles. The zero-order valence-corrected chi connectivity index (χ0v) is 18.9. The highest BCUT2D eigenvalue weighted by Gasteiger charge is 2.39. The summed E-state index contributed by atoms with van der Waals surface area (Å²) < 4.78 is 7.57. The number of carbonyl (C=O) groups is 1. The largest absolute Gasteiger partial charge is 0.489 e. The van der Waals surface area contributed by atoms with E-state index in [-0.39, 0.29) is 0 Å². The van der Waals surface area contributed by atoms with Crippen LogP contribution in [0.25, 0.3) is 11.4 Å². The molecule has 2 heterocycles. The van der Waals surface area contributed by atoms with Crippen LogP contribution in [0.3, 0.4) is 0 Å². The third kappa shape index (κ3) is 4.13. The maximum atomic E-state index is 12.4. The molecule has 7 nitrogen and oxygen atoms in total. The Morgan fingerprint density at radius 3 is 2.47 bits per heavy atom. The molecular weight excluding hydrogens is 450 g/mol. The first kappa shape index (κ1) is 21.7. The van der Waals surface area contributed by atoms with E-state index in [1.807, 2.05) is 72.8 Å². The van der Waals surface area contributed by atoms with Gasteiger partial charge in [0.1, 0.15) is 18.3 Å². The quantitative estimate of drug-likeness (QED) is 0.421. The van der Waals surface area contributed by atoms with E-state index in [9.17, 15) is 4.79 Å². The van der Waals surface area contributed by atoms with Crippen molar-refractivity contribution in [3.8, 4) is 17.1 Å². The number of aromatic nitrogens is 3. The van der Waals surface area contributed by atoms with E-state index in [1.165, 1.54) is 0 Å². The highest BCUT2D eigenvalue weighted by atomic mass is 35.5. The molecule has 0 fully saturated rings. The average Bonchev–Trinajstić information content (AvgIpc) is 3.26. The van der Waals surface area contributed by atoms with Crippen molar-refractivity contribution >= 4 is 23.5 Å². The Labute approximate surface area is 201 Å². The van der Waals surface area contributed by atoms with Crippen LogP contribution in [0.5, 0.6) is 5.75 Å². The summed E-state index contributed by atoms with van der Waals surface area (Å²) >= 11 is 6.36. The molecule has 0 saturated carbocycles. The SMILES string of the molecule is C=C1Nc2nc(-c3ccccc3Cl)nn2C(c2ccc(OCc3ccccc3)cc2)C1C(N)=O. The van der Waals surface area contributed by atoms with Crippen LogP contribution in [-0.4, -0.2) is 20.7 Å². The number of carbonyl (C=O) groups excluding carboxylic acids is 1. The monoisotopic (exact) mass is 471 g/mol. The minimum Gasteiger partial charge on any atom is -0.489 e. The van der Waals surface area contributed by atoms with Gasteiger partial charge < -0.3 is 15.8 Å². The van der Waals surface area contributed by atoms with Crippen molar-refractivity contribution < 1.29 is 9.53 Å². The second kappa shape index (κ2) is 9.03. The van der Waals surface area contributed by atoms with Crippen molar-refractivity contribution in [2.45, 2.75) is 12.6 Å². The number of halogens is 1. The number of rotatable bonds is 6. The highest BCUT2D eigenvalue weighted by molar-refractivity contribution is 6.33. The predicted molar refractivity (Wildman–Crippen MR) is 131 cm³/mol. The summed E-state index contributed by atoms with van der Waals surface area (Å²) in [4.78, 5) is 17.0. The number of nitrogens with one attached hydrogen (secondary N) is 1. The molecule has 3 N–H and O–H groups in total. The molecule has 34 heavy (non-hydrogen) atoms. The van der Waals surface area contributed by atoms with Gasteiger partial charge in [-0.05, 0) is 35.4 Å². The maximum absolute atomic E-state index is 12.4. The molecule has 1 aliphatic rings. The number of anilines is 1. The first-order valence-corrected chi connectivity index (χ1v) is 11.1. The molecule has 1 aliphatic heterocycles. The van der Waals surface area contributed by atoms with Gasteiger partial charge in [0.2, 0.25) is 11.9 Å². The predicted octanol–water partition coefficient (Wildman–Crippen LogP) is 4.81. The number of fused-ring (bicyclic) bond motifs is 1. The standard InChI is InChI=1S/C26H22ClN5O2/c1-16-22(24(28)33)23(18-11-13-19(14-12-18)34-15-17-7-3-2-4-8-17)32-26(29-16)30-25(31-32)20-9-5-6-10-21(20)27/h2-14,22-23H,1,15H2,(H2,28,33)(H,29,30,31). The Hall–Kier alpha value is -4.10. The second-order valence-electron chi connectivity index (χ2n) is 8.00. The molecule has 5 rings (SSSR count). The maximum Gasteiger partial charge on any atom is 0.229 e. The van der Waals surface area contributed by atoms with Crippen LogP contribution in [0.15, 0.2) is 91.1 Å². The lowest BCUT2D eigenvalue weighted by Gasteiger charge is -2.32. The van der Waals surface area contributed by atoms with E-state index in [2.05, 4.69) is 22.0 Å². The number of hydrogen-bond acceptors (Lipinski definition) is 5. The summed E-state index contributed by atoms with van der Waals surface area (Å²) in [6.45, 7) is 4.49. The fourth-order valence-electron chi connectivity index (χ4n) is 4.08. The zero-order chi connectivity index (χ0) is 23.7. The lowest BCUT2D eigenvalue weighted by Crippen LogP contribution is -2.40. The first-order valence-electron chi connectivity index (χ1n) is 10.7. The Morgan fingerprint density at radius 2 is 1.76 bits per heavy atom. The van der Waals surface area contributed by atoms with Gasteiger partial charge in [-0.3, -0.25) is 4.79 Å². The molecule has 0 radical (unpaired) electrons. The van der Waals surface area contributed by atoms with Crippen LogP contribution < -0.4 is 15.8 Å².